The largest absolute Gasteiger partial charge is 0.506 e. The van der Waals surface area contributed by atoms with Crippen molar-refractivity contribution in [3.8, 4) is 5.75 Å². The normalized spacial score (nSPS) is 10.8. The van der Waals surface area contributed by atoms with Crippen molar-refractivity contribution in [1.29, 1.82) is 0 Å². The van der Waals surface area contributed by atoms with Crippen molar-refractivity contribution in [1.82, 2.24) is 9.55 Å². The number of hydrogen-bond acceptors (Lipinski definition) is 3. The summed E-state index contributed by atoms with van der Waals surface area (Å²) >= 11 is 0. The molecular formula is C17H17N3O2. The van der Waals surface area contributed by atoms with E-state index < -0.39 is 0 Å². The third kappa shape index (κ3) is 2.65. The van der Waals surface area contributed by atoms with Gasteiger partial charge in [-0.1, -0.05) is 18.2 Å². The Morgan fingerprint density at radius 2 is 2.00 bits per heavy atom. The lowest BCUT2D eigenvalue weighted by Crippen LogP contribution is -2.19. The van der Waals surface area contributed by atoms with Crippen LogP contribution < -0.4 is 5.32 Å². The van der Waals surface area contributed by atoms with E-state index in [1.54, 1.807) is 12.1 Å². The fraction of sp³-hybridized carbons (Fsp3) is 0.176. The number of aromatic nitrogens is 2. The van der Waals surface area contributed by atoms with Crippen LogP contribution in [-0.4, -0.2) is 20.6 Å². The molecule has 0 fully saturated rings. The number of hydrogen-bond donors (Lipinski definition) is 2. The van der Waals surface area contributed by atoms with Gasteiger partial charge in [0, 0.05) is 0 Å². The highest BCUT2D eigenvalue weighted by Gasteiger charge is 2.12. The Labute approximate surface area is 128 Å². The van der Waals surface area contributed by atoms with Gasteiger partial charge < -0.3 is 15.0 Å². The van der Waals surface area contributed by atoms with Gasteiger partial charge in [-0.25, -0.2) is 4.98 Å². The monoisotopic (exact) mass is 295 g/mol. The molecule has 0 aliphatic heterocycles. The fourth-order valence-electron chi connectivity index (χ4n) is 2.48. The van der Waals surface area contributed by atoms with E-state index in [0.717, 1.165) is 22.4 Å². The summed E-state index contributed by atoms with van der Waals surface area (Å²) in [6.07, 6.45) is 0. The highest BCUT2D eigenvalue weighted by Crippen LogP contribution is 2.24. The number of para-hydroxylation sites is 2. The van der Waals surface area contributed by atoms with Gasteiger partial charge >= 0.3 is 0 Å². The van der Waals surface area contributed by atoms with Crippen LogP contribution in [-0.2, 0) is 11.3 Å². The lowest BCUT2D eigenvalue weighted by molar-refractivity contribution is -0.116. The smallest absolute Gasteiger partial charge is 0.244 e. The summed E-state index contributed by atoms with van der Waals surface area (Å²) in [5.41, 5.74) is 3.14. The van der Waals surface area contributed by atoms with Crippen LogP contribution in [0.5, 0.6) is 5.75 Å². The van der Waals surface area contributed by atoms with Crippen LogP contribution in [0.3, 0.4) is 0 Å². The van der Waals surface area contributed by atoms with Gasteiger partial charge in [-0.2, -0.15) is 0 Å². The number of amides is 1. The van der Waals surface area contributed by atoms with Gasteiger partial charge in [0.15, 0.2) is 0 Å². The van der Waals surface area contributed by atoms with E-state index in [9.17, 15) is 9.90 Å². The van der Waals surface area contributed by atoms with Crippen molar-refractivity contribution < 1.29 is 9.90 Å². The number of fused-ring (bicyclic) bond motifs is 1. The number of nitrogens with one attached hydrogen (secondary N) is 1. The van der Waals surface area contributed by atoms with Gasteiger partial charge in [-0.15, -0.1) is 0 Å². The summed E-state index contributed by atoms with van der Waals surface area (Å²) in [6, 6.07) is 12.9. The zero-order valence-electron chi connectivity index (χ0n) is 12.5. The molecule has 0 saturated carbocycles. The Morgan fingerprint density at radius 3 is 2.77 bits per heavy atom. The van der Waals surface area contributed by atoms with Gasteiger partial charge in [-0.05, 0) is 43.7 Å². The molecule has 2 aromatic carbocycles. The third-order valence-electron chi connectivity index (χ3n) is 3.57. The minimum atomic E-state index is -0.203. The summed E-state index contributed by atoms with van der Waals surface area (Å²) in [4.78, 5) is 16.7. The summed E-state index contributed by atoms with van der Waals surface area (Å²) < 4.78 is 1.86. The van der Waals surface area contributed by atoms with Gasteiger partial charge in [0.2, 0.25) is 5.91 Å². The zero-order chi connectivity index (χ0) is 15.7. The first-order chi connectivity index (χ1) is 10.5. The first kappa shape index (κ1) is 14.1. The van der Waals surface area contributed by atoms with Gasteiger partial charge in [0.05, 0.1) is 16.7 Å². The van der Waals surface area contributed by atoms with Crippen LogP contribution >= 0.6 is 0 Å². The summed E-state index contributed by atoms with van der Waals surface area (Å²) in [6.45, 7) is 3.91. The molecule has 0 aliphatic rings. The van der Waals surface area contributed by atoms with Crippen LogP contribution in [0.15, 0.2) is 42.5 Å². The number of anilines is 1. The average molecular weight is 295 g/mol. The summed E-state index contributed by atoms with van der Waals surface area (Å²) in [7, 11) is 0. The standard InChI is InChI=1S/C17H17N3O2/c1-11-7-8-14(16(21)9-11)19-17(22)10-20-12(2)18-13-5-3-4-6-15(13)20/h3-9,21H,10H2,1-2H3,(H,19,22). The van der Waals surface area contributed by atoms with Crippen molar-refractivity contribution in [3.05, 3.63) is 53.9 Å². The highest BCUT2D eigenvalue weighted by molar-refractivity contribution is 5.93. The van der Waals surface area contributed by atoms with Gasteiger partial charge in [0.25, 0.3) is 0 Å². The molecule has 5 nitrogen and oxygen atoms in total. The molecular weight excluding hydrogens is 278 g/mol. The van der Waals surface area contributed by atoms with Gasteiger partial charge in [-0.3, -0.25) is 4.79 Å². The Kier molecular flexibility index (Phi) is 3.55. The number of carbonyl (C=O) groups excluding carboxylic acids is 1. The number of aromatic hydroxyl groups is 1. The molecule has 0 radical (unpaired) electrons. The molecule has 0 bridgehead atoms. The van der Waals surface area contributed by atoms with E-state index in [4.69, 9.17) is 0 Å². The highest BCUT2D eigenvalue weighted by atomic mass is 16.3. The first-order valence-electron chi connectivity index (χ1n) is 7.06. The van der Waals surface area contributed by atoms with E-state index in [1.165, 1.54) is 0 Å². The number of nitrogens with zero attached hydrogens (tertiary/aromatic N) is 2. The number of carbonyl (C=O) groups is 1. The second-order valence-corrected chi connectivity index (χ2v) is 5.30. The van der Waals surface area contributed by atoms with Crippen LogP contribution in [0.25, 0.3) is 11.0 Å². The molecule has 0 spiro atoms. The molecule has 0 atom stereocenters. The van der Waals surface area contributed by atoms with Crippen molar-refractivity contribution in [2.75, 3.05) is 5.32 Å². The van der Waals surface area contributed by atoms with E-state index >= 15 is 0 Å². The van der Waals surface area contributed by atoms with E-state index in [2.05, 4.69) is 10.3 Å². The predicted octanol–water partition coefficient (Wildman–Crippen LogP) is 3.00. The lowest BCUT2D eigenvalue weighted by atomic mass is 10.2. The molecule has 5 heteroatoms. The van der Waals surface area contributed by atoms with Crippen molar-refractivity contribution in [3.63, 3.8) is 0 Å². The molecule has 1 aromatic heterocycles. The second kappa shape index (κ2) is 5.52. The van der Waals surface area contributed by atoms with Crippen LogP contribution in [0, 0.1) is 13.8 Å². The molecule has 3 rings (SSSR count). The summed E-state index contributed by atoms with van der Waals surface area (Å²) in [5.74, 6) is 0.649. The number of phenolic OH excluding ortho intramolecular Hbond substituents is 1. The summed E-state index contributed by atoms with van der Waals surface area (Å²) in [5, 5.41) is 12.6. The number of rotatable bonds is 3. The maximum Gasteiger partial charge on any atom is 0.244 e. The molecule has 0 unspecified atom stereocenters. The van der Waals surface area contributed by atoms with E-state index in [1.807, 2.05) is 48.7 Å². The topological polar surface area (TPSA) is 67.2 Å². The lowest BCUT2D eigenvalue weighted by Gasteiger charge is -2.10. The number of aryl methyl sites for hydroxylation is 2. The SMILES string of the molecule is Cc1ccc(NC(=O)Cn2c(C)nc3ccccc32)c(O)c1. The molecule has 2 N–H and O–H groups in total. The van der Waals surface area contributed by atoms with Gasteiger partial charge in [0.1, 0.15) is 18.1 Å². The maximum atomic E-state index is 12.2. The number of phenols is 1. The second-order valence-electron chi connectivity index (χ2n) is 5.30. The van der Waals surface area contributed by atoms with Crippen molar-refractivity contribution >= 4 is 22.6 Å². The van der Waals surface area contributed by atoms with E-state index in [-0.39, 0.29) is 18.2 Å². The zero-order valence-corrected chi connectivity index (χ0v) is 12.5. The number of imidazole rings is 1. The van der Waals surface area contributed by atoms with Crippen molar-refractivity contribution in [2.24, 2.45) is 0 Å². The van der Waals surface area contributed by atoms with Crippen LogP contribution in [0.4, 0.5) is 5.69 Å². The van der Waals surface area contributed by atoms with E-state index in [0.29, 0.717) is 5.69 Å². The Morgan fingerprint density at radius 1 is 1.23 bits per heavy atom. The molecule has 22 heavy (non-hydrogen) atoms. The minimum Gasteiger partial charge on any atom is -0.506 e. The number of benzene rings is 2. The predicted molar refractivity (Wildman–Crippen MR) is 85.9 cm³/mol. The molecule has 3 aromatic rings. The molecule has 1 amide bonds. The first-order valence-corrected chi connectivity index (χ1v) is 7.06. The average Bonchev–Trinajstić information content (AvgIpc) is 2.78. The Hall–Kier alpha value is -2.82. The van der Waals surface area contributed by atoms with Crippen LogP contribution in [0.2, 0.25) is 0 Å². The third-order valence-corrected chi connectivity index (χ3v) is 3.57. The maximum absolute atomic E-state index is 12.2. The van der Waals surface area contributed by atoms with Crippen molar-refractivity contribution in [2.45, 2.75) is 20.4 Å². The molecule has 1 heterocycles. The molecule has 112 valence electrons. The fourth-order valence-corrected chi connectivity index (χ4v) is 2.48. The molecule has 0 saturated heterocycles. The Bertz CT molecular complexity index is 852. The quantitative estimate of drug-likeness (QED) is 0.730. The Balaban J connectivity index is 1.83. The molecule has 0 aliphatic carbocycles. The van der Waals surface area contributed by atoms with Crippen LogP contribution in [0.1, 0.15) is 11.4 Å². The minimum absolute atomic E-state index is 0.0700.